The summed E-state index contributed by atoms with van der Waals surface area (Å²) >= 11 is 1.51. The van der Waals surface area contributed by atoms with Crippen molar-refractivity contribution in [3.63, 3.8) is 0 Å². The van der Waals surface area contributed by atoms with Crippen LogP contribution in [-0.4, -0.2) is 65.5 Å². The number of carboxylic acids is 1. The van der Waals surface area contributed by atoms with E-state index in [4.69, 9.17) is 17.2 Å². The third-order valence-corrected chi connectivity index (χ3v) is 5.08. The normalized spacial score (nSPS) is 13.5. The van der Waals surface area contributed by atoms with E-state index in [2.05, 4.69) is 15.6 Å². The Labute approximate surface area is 186 Å². The lowest BCUT2D eigenvalue weighted by Gasteiger charge is -2.23. The molecule has 2 amide bonds. The Bertz CT molecular complexity index is 742. The molecule has 0 aliphatic rings. The third-order valence-electron chi connectivity index (χ3n) is 4.44. The standard InChI is InChI=1S/C20H32N6O4S/c1-31-11-9-15(25-17(27)14(21)12-13-6-3-2-4-7-13)18(28)26-16(19(29)30)8-5-10-24-20(22)23/h2-4,6-7,14-16H,5,8-12,21H2,1H3,(H,25,27)(H,26,28)(H,29,30)(H4,22,23,24). The third kappa shape index (κ3) is 10.7. The first kappa shape index (κ1) is 26.2. The monoisotopic (exact) mass is 452 g/mol. The number of hydrogen-bond donors (Lipinski definition) is 6. The van der Waals surface area contributed by atoms with Crippen LogP contribution in [0.4, 0.5) is 0 Å². The van der Waals surface area contributed by atoms with Crippen molar-refractivity contribution in [1.29, 1.82) is 0 Å². The van der Waals surface area contributed by atoms with Gasteiger partial charge in [-0.3, -0.25) is 14.6 Å². The molecule has 11 heteroatoms. The fourth-order valence-corrected chi connectivity index (χ4v) is 3.25. The highest BCUT2D eigenvalue weighted by Gasteiger charge is 2.27. The number of nitrogens with zero attached hydrogens (tertiary/aromatic N) is 1. The predicted octanol–water partition coefficient (Wildman–Crippen LogP) is -0.583. The average Bonchev–Trinajstić information content (AvgIpc) is 2.73. The number of hydrogen-bond acceptors (Lipinski definition) is 6. The Morgan fingerprint density at radius 2 is 1.71 bits per heavy atom. The number of nitrogens with two attached hydrogens (primary N) is 3. The highest BCUT2D eigenvalue weighted by molar-refractivity contribution is 7.98. The highest BCUT2D eigenvalue weighted by atomic mass is 32.2. The van der Waals surface area contributed by atoms with Crippen molar-refractivity contribution in [1.82, 2.24) is 10.6 Å². The van der Waals surface area contributed by atoms with Gasteiger partial charge in [0.15, 0.2) is 5.96 Å². The van der Waals surface area contributed by atoms with Gasteiger partial charge in [-0.2, -0.15) is 11.8 Å². The number of carbonyl (C=O) groups is 3. The largest absolute Gasteiger partial charge is 0.480 e. The summed E-state index contributed by atoms with van der Waals surface area (Å²) < 4.78 is 0. The van der Waals surface area contributed by atoms with Crippen LogP contribution in [0.15, 0.2) is 35.3 Å². The van der Waals surface area contributed by atoms with Gasteiger partial charge in [0, 0.05) is 6.54 Å². The SMILES string of the molecule is CSCCC(NC(=O)C(N)Cc1ccccc1)C(=O)NC(CCCN=C(N)N)C(=O)O. The van der Waals surface area contributed by atoms with Gasteiger partial charge in [-0.05, 0) is 43.3 Å². The number of nitrogens with one attached hydrogen (secondary N) is 2. The van der Waals surface area contributed by atoms with Gasteiger partial charge in [0.1, 0.15) is 12.1 Å². The fourth-order valence-electron chi connectivity index (χ4n) is 2.78. The van der Waals surface area contributed by atoms with Crippen LogP contribution in [0.3, 0.4) is 0 Å². The Morgan fingerprint density at radius 1 is 1.06 bits per heavy atom. The minimum Gasteiger partial charge on any atom is -0.480 e. The molecule has 0 aliphatic heterocycles. The quantitative estimate of drug-likeness (QED) is 0.123. The maximum atomic E-state index is 12.7. The zero-order valence-electron chi connectivity index (χ0n) is 17.6. The van der Waals surface area contributed by atoms with Crippen LogP contribution in [0, 0.1) is 0 Å². The van der Waals surface area contributed by atoms with Crippen LogP contribution in [0.1, 0.15) is 24.8 Å². The smallest absolute Gasteiger partial charge is 0.326 e. The predicted molar refractivity (Wildman–Crippen MR) is 123 cm³/mol. The first-order valence-corrected chi connectivity index (χ1v) is 11.3. The Morgan fingerprint density at radius 3 is 2.29 bits per heavy atom. The summed E-state index contributed by atoms with van der Waals surface area (Å²) in [5.74, 6) is -1.68. The molecule has 1 aromatic rings. The van der Waals surface area contributed by atoms with Gasteiger partial charge in [0.25, 0.3) is 0 Å². The number of benzene rings is 1. The van der Waals surface area contributed by atoms with Gasteiger partial charge in [-0.1, -0.05) is 30.3 Å². The van der Waals surface area contributed by atoms with E-state index in [1.807, 2.05) is 36.6 Å². The number of amides is 2. The van der Waals surface area contributed by atoms with Gasteiger partial charge >= 0.3 is 5.97 Å². The van der Waals surface area contributed by atoms with Crippen molar-refractivity contribution in [2.24, 2.45) is 22.2 Å². The molecular weight excluding hydrogens is 420 g/mol. The molecule has 0 radical (unpaired) electrons. The number of carboxylic acid groups (broad SMARTS) is 1. The highest BCUT2D eigenvalue weighted by Crippen LogP contribution is 2.06. The van der Waals surface area contributed by atoms with Crippen molar-refractivity contribution in [2.45, 2.75) is 43.8 Å². The van der Waals surface area contributed by atoms with Crippen molar-refractivity contribution in [2.75, 3.05) is 18.6 Å². The molecule has 0 saturated heterocycles. The summed E-state index contributed by atoms with van der Waals surface area (Å²) in [6.07, 6.45) is 3.07. The second-order valence-corrected chi connectivity index (χ2v) is 7.97. The molecule has 0 aromatic heterocycles. The molecular formula is C20H32N6O4S. The number of aliphatic imine (C=N–C) groups is 1. The van der Waals surface area contributed by atoms with Crippen molar-refractivity contribution in [3.8, 4) is 0 Å². The molecule has 1 rings (SSSR count). The minimum atomic E-state index is -1.17. The number of thioether (sulfide) groups is 1. The van der Waals surface area contributed by atoms with E-state index in [1.165, 1.54) is 11.8 Å². The maximum absolute atomic E-state index is 12.7. The summed E-state index contributed by atoms with van der Waals surface area (Å²) in [6.45, 7) is 0.253. The van der Waals surface area contributed by atoms with Crippen molar-refractivity contribution >= 4 is 35.5 Å². The van der Waals surface area contributed by atoms with Crippen LogP contribution >= 0.6 is 11.8 Å². The van der Waals surface area contributed by atoms with Crippen LogP contribution < -0.4 is 27.8 Å². The molecule has 10 nitrogen and oxygen atoms in total. The van der Waals surface area contributed by atoms with Crippen LogP contribution in [-0.2, 0) is 20.8 Å². The lowest BCUT2D eigenvalue weighted by atomic mass is 10.1. The molecule has 1 aromatic carbocycles. The lowest BCUT2D eigenvalue weighted by molar-refractivity contribution is -0.142. The molecule has 172 valence electrons. The summed E-state index contributed by atoms with van der Waals surface area (Å²) in [7, 11) is 0. The Hall–Kier alpha value is -2.79. The first-order chi connectivity index (χ1) is 14.7. The Kier molecular flexibility index (Phi) is 12.1. The molecule has 31 heavy (non-hydrogen) atoms. The van der Waals surface area contributed by atoms with E-state index < -0.39 is 35.9 Å². The topological polar surface area (TPSA) is 186 Å². The van der Waals surface area contributed by atoms with Gasteiger partial charge in [-0.25, -0.2) is 4.79 Å². The van der Waals surface area contributed by atoms with Gasteiger partial charge in [-0.15, -0.1) is 0 Å². The Balaban J connectivity index is 2.71. The van der Waals surface area contributed by atoms with Crippen LogP contribution in [0.5, 0.6) is 0 Å². The second kappa shape index (κ2) is 14.3. The van der Waals surface area contributed by atoms with Crippen molar-refractivity contribution < 1.29 is 19.5 Å². The van der Waals surface area contributed by atoms with Gasteiger partial charge in [0.05, 0.1) is 6.04 Å². The van der Waals surface area contributed by atoms with Gasteiger partial charge in [0.2, 0.25) is 11.8 Å². The van der Waals surface area contributed by atoms with Crippen LogP contribution in [0.2, 0.25) is 0 Å². The average molecular weight is 453 g/mol. The van der Waals surface area contributed by atoms with E-state index in [1.54, 1.807) is 0 Å². The first-order valence-electron chi connectivity index (χ1n) is 9.92. The molecule has 0 fully saturated rings. The number of rotatable bonds is 14. The molecule has 3 atom stereocenters. The zero-order chi connectivity index (χ0) is 23.2. The minimum absolute atomic E-state index is 0.0809. The van der Waals surface area contributed by atoms with E-state index in [-0.39, 0.29) is 18.9 Å². The van der Waals surface area contributed by atoms with E-state index in [0.29, 0.717) is 25.0 Å². The summed E-state index contributed by atoms with van der Waals surface area (Å²) in [5, 5.41) is 14.6. The molecule has 0 bridgehead atoms. The van der Waals surface area contributed by atoms with E-state index in [0.717, 1.165) is 5.56 Å². The van der Waals surface area contributed by atoms with E-state index in [9.17, 15) is 19.5 Å². The number of aliphatic carboxylic acids is 1. The van der Waals surface area contributed by atoms with E-state index >= 15 is 0 Å². The molecule has 9 N–H and O–H groups in total. The molecule has 3 unspecified atom stereocenters. The number of carbonyl (C=O) groups excluding carboxylic acids is 2. The second-order valence-electron chi connectivity index (χ2n) is 6.99. The molecule has 0 heterocycles. The molecule has 0 aliphatic carbocycles. The number of guanidine groups is 1. The summed E-state index contributed by atoms with van der Waals surface area (Å²) in [5.41, 5.74) is 17.4. The molecule has 0 spiro atoms. The maximum Gasteiger partial charge on any atom is 0.326 e. The lowest BCUT2D eigenvalue weighted by Crippen LogP contribution is -2.55. The summed E-state index contributed by atoms with van der Waals surface area (Å²) in [6, 6.07) is 6.47. The van der Waals surface area contributed by atoms with Gasteiger partial charge < -0.3 is 32.9 Å². The zero-order valence-corrected chi connectivity index (χ0v) is 18.4. The summed E-state index contributed by atoms with van der Waals surface area (Å²) in [4.78, 5) is 40.6. The van der Waals surface area contributed by atoms with Crippen molar-refractivity contribution in [3.05, 3.63) is 35.9 Å². The van der Waals surface area contributed by atoms with Crippen LogP contribution in [0.25, 0.3) is 0 Å². The molecule has 0 saturated carbocycles. The fraction of sp³-hybridized carbons (Fsp3) is 0.500.